The van der Waals surface area contributed by atoms with E-state index in [0.29, 0.717) is 6.54 Å². The molecule has 1 heterocycles. The molecule has 0 aromatic carbocycles. The monoisotopic (exact) mass is 275 g/mol. The molecule has 0 aromatic heterocycles. The van der Waals surface area contributed by atoms with Gasteiger partial charge in [-0.15, -0.1) is 0 Å². The van der Waals surface area contributed by atoms with Crippen LogP contribution in [0.1, 0.15) is 51.4 Å². The maximum Gasteiger partial charge on any atom is 0.268 e. The summed E-state index contributed by atoms with van der Waals surface area (Å²) >= 11 is 0. The Morgan fingerprint density at radius 1 is 0.944 bits per heavy atom. The fourth-order valence-corrected chi connectivity index (χ4v) is 4.03. The van der Waals surface area contributed by atoms with Crippen molar-refractivity contribution in [3.05, 3.63) is 0 Å². The Morgan fingerprint density at radius 2 is 1.56 bits per heavy atom. The molecule has 18 heavy (non-hydrogen) atoms. The summed E-state index contributed by atoms with van der Waals surface area (Å²) in [6, 6.07) is 0. The second kappa shape index (κ2) is 6.87. The van der Waals surface area contributed by atoms with Crippen LogP contribution in [0.2, 0.25) is 0 Å². The number of likely N-dealkylation sites (tertiary alicyclic amines) is 1. The van der Waals surface area contributed by atoms with E-state index in [1.54, 1.807) is 0 Å². The summed E-state index contributed by atoms with van der Waals surface area (Å²) < 4.78 is 29.1. The standard InChI is InChI=1S/C13H25NO3S/c15-18(16,17-13-7-3-1-4-8-13)12-11-14-9-5-2-6-10-14/h13H,1-12H2. The summed E-state index contributed by atoms with van der Waals surface area (Å²) in [6.45, 7) is 2.72. The van der Waals surface area contributed by atoms with Crippen molar-refractivity contribution in [1.82, 2.24) is 4.90 Å². The fraction of sp³-hybridized carbons (Fsp3) is 1.00. The average molecular weight is 275 g/mol. The van der Waals surface area contributed by atoms with E-state index >= 15 is 0 Å². The molecule has 2 fully saturated rings. The third-order valence-corrected chi connectivity index (χ3v) is 5.19. The van der Waals surface area contributed by atoms with Gasteiger partial charge in [-0.3, -0.25) is 4.18 Å². The van der Waals surface area contributed by atoms with Crippen LogP contribution >= 0.6 is 0 Å². The van der Waals surface area contributed by atoms with Crippen molar-refractivity contribution in [2.45, 2.75) is 57.5 Å². The summed E-state index contributed by atoms with van der Waals surface area (Å²) in [5, 5.41) is 0. The van der Waals surface area contributed by atoms with Crippen LogP contribution in [0.25, 0.3) is 0 Å². The van der Waals surface area contributed by atoms with Crippen molar-refractivity contribution in [3.8, 4) is 0 Å². The van der Waals surface area contributed by atoms with Gasteiger partial charge in [-0.1, -0.05) is 25.7 Å². The highest BCUT2D eigenvalue weighted by Crippen LogP contribution is 2.22. The first-order valence-electron chi connectivity index (χ1n) is 7.29. The lowest BCUT2D eigenvalue weighted by Crippen LogP contribution is -2.35. The zero-order valence-electron chi connectivity index (χ0n) is 11.1. The molecule has 1 saturated heterocycles. The maximum atomic E-state index is 11.9. The van der Waals surface area contributed by atoms with Crippen LogP contribution < -0.4 is 0 Å². The lowest BCUT2D eigenvalue weighted by Gasteiger charge is -2.27. The second-order valence-electron chi connectivity index (χ2n) is 5.52. The Morgan fingerprint density at radius 3 is 2.22 bits per heavy atom. The minimum Gasteiger partial charge on any atom is -0.302 e. The smallest absolute Gasteiger partial charge is 0.268 e. The van der Waals surface area contributed by atoms with Gasteiger partial charge in [0.15, 0.2) is 0 Å². The lowest BCUT2D eigenvalue weighted by molar-refractivity contribution is 0.160. The highest BCUT2D eigenvalue weighted by Gasteiger charge is 2.22. The molecule has 106 valence electrons. The Kier molecular flexibility index (Phi) is 5.45. The molecule has 0 aromatic rings. The quantitative estimate of drug-likeness (QED) is 0.721. The number of piperidine rings is 1. The van der Waals surface area contributed by atoms with E-state index in [-0.39, 0.29) is 11.9 Å². The van der Waals surface area contributed by atoms with Crippen LogP contribution in [0, 0.1) is 0 Å². The van der Waals surface area contributed by atoms with Crippen LogP contribution in [-0.4, -0.2) is 44.8 Å². The van der Waals surface area contributed by atoms with E-state index in [2.05, 4.69) is 4.90 Å². The predicted octanol–water partition coefficient (Wildman–Crippen LogP) is 2.15. The molecule has 1 aliphatic carbocycles. The SMILES string of the molecule is O=S(=O)(CCN1CCCCC1)OC1CCCCC1. The molecular weight excluding hydrogens is 250 g/mol. The molecule has 0 spiro atoms. The van der Waals surface area contributed by atoms with Gasteiger partial charge in [-0.2, -0.15) is 8.42 Å². The molecule has 0 N–H and O–H groups in total. The van der Waals surface area contributed by atoms with E-state index in [0.717, 1.165) is 38.8 Å². The third kappa shape index (κ3) is 4.86. The van der Waals surface area contributed by atoms with Crippen LogP contribution in [0.15, 0.2) is 0 Å². The van der Waals surface area contributed by atoms with Crippen molar-refractivity contribution in [3.63, 3.8) is 0 Å². The Bertz CT molecular complexity index is 330. The molecule has 5 heteroatoms. The third-order valence-electron chi connectivity index (χ3n) is 3.94. The van der Waals surface area contributed by atoms with E-state index in [9.17, 15) is 8.42 Å². The molecule has 0 bridgehead atoms. The first-order chi connectivity index (χ1) is 8.66. The van der Waals surface area contributed by atoms with Gasteiger partial charge in [0, 0.05) is 6.54 Å². The van der Waals surface area contributed by atoms with Crippen molar-refractivity contribution < 1.29 is 12.6 Å². The summed E-state index contributed by atoms with van der Waals surface area (Å²) in [5.41, 5.74) is 0. The molecule has 0 atom stereocenters. The van der Waals surface area contributed by atoms with Gasteiger partial charge < -0.3 is 4.90 Å². The number of hydrogen-bond donors (Lipinski definition) is 0. The Balaban J connectivity index is 1.72. The minimum absolute atomic E-state index is 0.0508. The van der Waals surface area contributed by atoms with Crippen molar-refractivity contribution in [2.75, 3.05) is 25.4 Å². The summed E-state index contributed by atoms with van der Waals surface area (Å²) in [4.78, 5) is 2.24. The van der Waals surface area contributed by atoms with Gasteiger partial charge in [-0.05, 0) is 38.8 Å². The lowest BCUT2D eigenvalue weighted by atomic mass is 9.98. The fourth-order valence-electron chi connectivity index (χ4n) is 2.84. The Labute approximate surface area is 111 Å². The highest BCUT2D eigenvalue weighted by molar-refractivity contribution is 7.86. The molecule has 2 rings (SSSR count). The second-order valence-corrected chi connectivity index (χ2v) is 7.24. The van der Waals surface area contributed by atoms with E-state index in [1.807, 2.05) is 0 Å². The highest BCUT2D eigenvalue weighted by atomic mass is 32.2. The van der Waals surface area contributed by atoms with Gasteiger partial charge in [0.2, 0.25) is 0 Å². The number of rotatable bonds is 5. The van der Waals surface area contributed by atoms with E-state index in [1.165, 1.54) is 25.7 Å². The van der Waals surface area contributed by atoms with E-state index in [4.69, 9.17) is 4.18 Å². The van der Waals surface area contributed by atoms with Crippen molar-refractivity contribution in [1.29, 1.82) is 0 Å². The van der Waals surface area contributed by atoms with Gasteiger partial charge in [-0.25, -0.2) is 0 Å². The molecule has 0 radical (unpaired) electrons. The molecule has 0 amide bonds. The average Bonchev–Trinajstić information content (AvgIpc) is 2.38. The summed E-state index contributed by atoms with van der Waals surface area (Å²) in [6.07, 6.45) is 8.86. The molecule has 2 aliphatic rings. The molecule has 1 aliphatic heterocycles. The molecule has 4 nitrogen and oxygen atoms in total. The zero-order chi connectivity index (χ0) is 12.8. The summed E-state index contributed by atoms with van der Waals surface area (Å²) in [7, 11) is -3.32. The topological polar surface area (TPSA) is 46.6 Å². The van der Waals surface area contributed by atoms with Gasteiger partial charge >= 0.3 is 0 Å². The van der Waals surface area contributed by atoms with Crippen LogP contribution in [0.4, 0.5) is 0 Å². The maximum absolute atomic E-state index is 11.9. The number of hydrogen-bond acceptors (Lipinski definition) is 4. The van der Waals surface area contributed by atoms with Crippen LogP contribution in [0.5, 0.6) is 0 Å². The Hall–Kier alpha value is -0.130. The number of nitrogens with zero attached hydrogens (tertiary/aromatic N) is 1. The van der Waals surface area contributed by atoms with Crippen LogP contribution in [-0.2, 0) is 14.3 Å². The van der Waals surface area contributed by atoms with Gasteiger partial charge in [0.25, 0.3) is 10.1 Å². The largest absolute Gasteiger partial charge is 0.302 e. The van der Waals surface area contributed by atoms with E-state index < -0.39 is 10.1 Å². The molecular formula is C13H25NO3S. The predicted molar refractivity (Wildman–Crippen MR) is 72.0 cm³/mol. The minimum atomic E-state index is -3.32. The van der Waals surface area contributed by atoms with Crippen LogP contribution in [0.3, 0.4) is 0 Å². The first-order valence-corrected chi connectivity index (χ1v) is 8.87. The van der Waals surface area contributed by atoms with Crippen molar-refractivity contribution >= 4 is 10.1 Å². The normalized spacial score (nSPS) is 24.2. The zero-order valence-corrected chi connectivity index (χ0v) is 12.0. The molecule has 1 saturated carbocycles. The van der Waals surface area contributed by atoms with Crippen molar-refractivity contribution in [2.24, 2.45) is 0 Å². The first kappa shape index (κ1) is 14.3. The van der Waals surface area contributed by atoms with Gasteiger partial charge in [0.1, 0.15) is 0 Å². The summed E-state index contributed by atoms with van der Waals surface area (Å²) in [5.74, 6) is 0.156. The molecule has 0 unspecified atom stereocenters. The van der Waals surface area contributed by atoms with Gasteiger partial charge in [0.05, 0.1) is 11.9 Å².